The first-order valence-electron chi connectivity index (χ1n) is 6.01. The van der Waals surface area contributed by atoms with Gasteiger partial charge in [0, 0.05) is 17.2 Å². The Bertz CT molecular complexity index is 453. The highest BCUT2D eigenvalue weighted by Gasteiger charge is 2.35. The molecule has 1 aromatic rings. The molecule has 0 bridgehead atoms. The van der Waals surface area contributed by atoms with Crippen molar-refractivity contribution in [2.75, 3.05) is 11.9 Å². The predicted molar refractivity (Wildman–Crippen MR) is 68.8 cm³/mol. The van der Waals surface area contributed by atoms with Crippen molar-refractivity contribution in [1.29, 1.82) is 0 Å². The molecule has 1 aliphatic carbocycles. The average molecular weight is 339 g/mol. The quantitative estimate of drug-likeness (QED) is 0.887. The van der Waals surface area contributed by atoms with Gasteiger partial charge in [-0.1, -0.05) is 0 Å². The van der Waals surface area contributed by atoms with Crippen molar-refractivity contribution in [2.24, 2.45) is 5.92 Å². The Morgan fingerprint density at radius 1 is 1.42 bits per heavy atom. The molecule has 1 aliphatic rings. The van der Waals surface area contributed by atoms with Gasteiger partial charge in [0.15, 0.2) is 0 Å². The van der Waals surface area contributed by atoms with Crippen LogP contribution in [0.4, 0.5) is 19.0 Å². The maximum absolute atomic E-state index is 12.9. The van der Waals surface area contributed by atoms with Crippen LogP contribution in [-0.4, -0.2) is 22.7 Å². The molecular formula is C12H14BrF3N2O. The number of hydrogen-bond acceptors (Lipinski definition) is 3. The lowest BCUT2D eigenvalue weighted by Crippen LogP contribution is -2.17. The summed E-state index contributed by atoms with van der Waals surface area (Å²) in [6.07, 6.45) is -1.26. The molecule has 1 saturated carbocycles. The van der Waals surface area contributed by atoms with Crippen LogP contribution < -0.4 is 5.32 Å². The number of alkyl halides is 3. The van der Waals surface area contributed by atoms with Gasteiger partial charge in [0.05, 0.1) is 11.7 Å². The lowest BCUT2D eigenvalue weighted by molar-refractivity contribution is -0.137. The minimum atomic E-state index is -4.44. The molecule has 1 aromatic heterocycles. The molecular weight excluding hydrogens is 325 g/mol. The van der Waals surface area contributed by atoms with Crippen LogP contribution in [0.25, 0.3) is 0 Å². The second kappa shape index (κ2) is 5.66. The van der Waals surface area contributed by atoms with Crippen molar-refractivity contribution < 1.29 is 18.3 Å². The fourth-order valence-electron chi connectivity index (χ4n) is 2.27. The van der Waals surface area contributed by atoms with Crippen LogP contribution >= 0.6 is 15.9 Å². The van der Waals surface area contributed by atoms with E-state index in [1.54, 1.807) is 0 Å². The third kappa shape index (κ3) is 3.82. The van der Waals surface area contributed by atoms with Crippen molar-refractivity contribution in [3.05, 3.63) is 22.3 Å². The second-order valence-electron chi connectivity index (χ2n) is 4.76. The van der Waals surface area contributed by atoms with E-state index < -0.39 is 11.7 Å². The average Bonchev–Trinajstić information content (AvgIpc) is 2.72. The lowest BCUT2D eigenvalue weighted by atomic mass is 10.1. The standard InChI is InChI=1S/C12H14BrF3N2O/c13-8-4-10(12(14,15)16)11(18-6-8)17-5-7-1-2-9(19)3-7/h4,6-7,9,19H,1-3,5H2,(H,17,18). The molecule has 2 N–H and O–H groups in total. The molecule has 2 rings (SSSR count). The first-order valence-corrected chi connectivity index (χ1v) is 6.80. The summed E-state index contributed by atoms with van der Waals surface area (Å²) >= 11 is 2.99. The summed E-state index contributed by atoms with van der Waals surface area (Å²) in [5, 5.41) is 12.1. The van der Waals surface area contributed by atoms with Crippen molar-refractivity contribution in [3.63, 3.8) is 0 Å². The van der Waals surface area contributed by atoms with Crippen molar-refractivity contribution in [2.45, 2.75) is 31.5 Å². The number of halogens is 4. The van der Waals surface area contributed by atoms with Crippen LogP contribution in [-0.2, 0) is 6.18 Å². The SMILES string of the molecule is OC1CCC(CNc2ncc(Br)cc2C(F)(F)F)C1. The minimum Gasteiger partial charge on any atom is -0.393 e. The molecule has 2 atom stereocenters. The minimum absolute atomic E-state index is 0.155. The van der Waals surface area contributed by atoms with E-state index in [0.717, 1.165) is 12.5 Å². The Morgan fingerprint density at radius 2 is 2.16 bits per heavy atom. The van der Waals surface area contributed by atoms with Gasteiger partial charge in [0.2, 0.25) is 0 Å². The number of anilines is 1. The fraction of sp³-hybridized carbons (Fsp3) is 0.583. The molecule has 0 amide bonds. The third-order valence-corrected chi connectivity index (χ3v) is 3.67. The summed E-state index contributed by atoms with van der Waals surface area (Å²) in [4.78, 5) is 3.78. The highest BCUT2D eigenvalue weighted by molar-refractivity contribution is 9.10. The molecule has 106 valence electrons. The zero-order valence-corrected chi connectivity index (χ0v) is 11.6. The van der Waals surface area contributed by atoms with Gasteiger partial charge in [0.1, 0.15) is 5.82 Å². The zero-order chi connectivity index (χ0) is 14.0. The molecule has 0 spiro atoms. The van der Waals surface area contributed by atoms with Crippen LogP contribution in [0.3, 0.4) is 0 Å². The van der Waals surface area contributed by atoms with Gasteiger partial charge in [-0.3, -0.25) is 0 Å². The Kier molecular flexibility index (Phi) is 4.35. The van der Waals surface area contributed by atoms with Crippen LogP contribution in [0.2, 0.25) is 0 Å². The van der Waals surface area contributed by atoms with E-state index in [2.05, 4.69) is 26.2 Å². The maximum atomic E-state index is 12.9. The monoisotopic (exact) mass is 338 g/mol. The van der Waals surface area contributed by atoms with Crippen molar-refractivity contribution in [3.8, 4) is 0 Å². The van der Waals surface area contributed by atoms with Crippen LogP contribution in [0.1, 0.15) is 24.8 Å². The van der Waals surface area contributed by atoms with E-state index >= 15 is 0 Å². The summed E-state index contributed by atoms with van der Waals surface area (Å²) < 4.78 is 38.8. The molecule has 7 heteroatoms. The van der Waals surface area contributed by atoms with E-state index in [4.69, 9.17) is 0 Å². The summed E-state index contributed by atoms with van der Waals surface area (Å²) in [5.74, 6) is 0.0404. The fourth-order valence-corrected chi connectivity index (χ4v) is 2.60. The number of pyridine rings is 1. The number of hydrogen-bond donors (Lipinski definition) is 2. The molecule has 1 fully saturated rings. The second-order valence-corrected chi connectivity index (χ2v) is 5.68. The largest absolute Gasteiger partial charge is 0.419 e. The molecule has 0 aliphatic heterocycles. The predicted octanol–water partition coefficient (Wildman–Crippen LogP) is 3.44. The first kappa shape index (κ1) is 14.6. The molecule has 0 aromatic carbocycles. The van der Waals surface area contributed by atoms with Gasteiger partial charge < -0.3 is 10.4 Å². The highest BCUT2D eigenvalue weighted by atomic mass is 79.9. The Morgan fingerprint density at radius 3 is 2.74 bits per heavy atom. The van der Waals surface area contributed by atoms with E-state index in [-0.39, 0.29) is 17.8 Å². The number of aromatic nitrogens is 1. The third-order valence-electron chi connectivity index (χ3n) is 3.23. The molecule has 1 heterocycles. The number of aliphatic hydroxyl groups is 1. The van der Waals surface area contributed by atoms with E-state index in [0.29, 0.717) is 23.9 Å². The van der Waals surface area contributed by atoms with Crippen LogP contribution in [0.5, 0.6) is 0 Å². The maximum Gasteiger partial charge on any atom is 0.419 e. The number of aliphatic hydroxyl groups excluding tert-OH is 1. The number of rotatable bonds is 3. The molecule has 0 saturated heterocycles. The zero-order valence-electron chi connectivity index (χ0n) is 10.0. The smallest absolute Gasteiger partial charge is 0.393 e. The molecule has 0 radical (unpaired) electrons. The van der Waals surface area contributed by atoms with Gasteiger partial charge >= 0.3 is 6.18 Å². The summed E-state index contributed by atoms with van der Waals surface area (Å²) in [5.41, 5.74) is -0.777. The van der Waals surface area contributed by atoms with E-state index in [1.165, 1.54) is 6.20 Å². The Balaban J connectivity index is 2.07. The van der Waals surface area contributed by atoms with Crippen molar-refractivity contribution in [1.82, 2.24) is 4.98 Å². The van der Waals surface area contributed by atoms with Gasteiger partial charge in [-0.25, -0.2) is 4.98 Å². The Hall–Kier alpha value is -0.820. The van der Waals surface area contributed by atoms with Gasteiger partial charge in [-0.15, -0.1) is 0 Å². The van der Waals surface area contributed by atoms with Crippen molar-refractivity contribution >= 4 is 21.7 Å². The topological polar surface area (TPSA) is 45.1 Å². The summed E-state index contributed by atoms with van der Waals surface area (Å²) in [6.45, 7) is 0.398. The van der Waals surface area contributed by atoms with E-state index in [1.807, 2.05) is 0 Å². The molecule has 3 nitrogen and oxygen atoms in total. The van der Waals surface area contributed by atoms with Gasteiger partial charge in [-0.2, -0.15) is 13.2 Å². The number of nitrogens with one attached hydrogen (secondary N) is 1. The normalized spacial score (nSPS) is 23.6. The van der Waals surface area contributed by atoms with Gasteiger partial charge in [-0.05, 0) is 47.2 Å². The highest BCUT2D eigenvalue weighted by Crippen LogP contribution is 2.35. The first-order chi connectivity index (χ1) is 8.86. The van der Waals surface area contributed by atoms with Crippen LogP contribution in [0.15, 0.2) is 16.7 Å². The summed E-state index contributed by atoms with van der Waals surface area (Å²) in [6, 6.07) is 1.01. The van der Waals surface area contributed by atoms with Crippen LogP contribution in [0, 0.1) is 5.92 Å². The Labute approximate surface area is 117 Å². The molecule has 19 heavy (non-hydrogen) atoms. The lowest BCUT2D eigenvalue weighted by Gasteiger charge is -2.16. The van der Waals surface area contributed by atoms with E-state index in [9.17, 15) is 18.3 Å². The number of nitrogens with zero attached hydrogens (tertiary/aromatic N) is 1. The molecule has 2 unspecified atom stereocenters. The summed E-state index contributed by atoms with van der Waals surface area (Å²) in [7, 11) is 0. The van der Waals surface area contributed by atoms with Gasteiger partial charge in [0.25, 0.3) is 0 Å².